The van der Waals surface area contributed by atoms with Gasteiger partial charge in [-0.1, -0.05) is 26.0 Å². The summed E-state index contributed by atoms with van der Waals surface area (Å²) in [7, 11) is 0. The molecule has 0 atom stereocenters. The van der Waals surface area contributed by atoms with Crippen LogP contribution >= 0.6 is 0 Å². The fraction of sp³-hybridized carbons (Fsp3) is 0.250. The summed E-state index contributed by atoms with van der Waals surface area (Å²) in [5, 5.41) is 3.81. The number of fused-ring (bicyclic) bond motifs is 1. The number of nitrogens with two attached hydrogens (primary N) is 1. The molecule has 2 heterocycles. The first-order valence-electron chi connectivity index (χ1n) is 14.7. The molecule has 0 aliphatic heterocycles. The fourth-order valence-corrected chi connectivity index (χ4v) is 5.49. The summed E-state index contributed by atoms with van der Waals surface area (Å²) < 4.78 is 25.7. The molecule has 2 aromatic heterocycles. The zero-order valence-corrected chi connectivity index (χ0v) is 24.9. The number of rotatable bonds is 10. The van der Waals surface area contributed by atoms with Gasteiger partial charge in [0, 0.05) is 17.1 Å². The number of aryl methyl sites for hydroxylation is 1. The van der Waals surface area contributed by atoms with Gasteiger partial charge in [0.1, 0.15) is 22.9 Å². The van der Waals surface area contributed by atoms with Crippen molar-refractivity contribution < 1.29 is 23.1 Å². The molecular weight excluding hydrogens is 557 g/mol. The Morgan fingerprint density at radius 2 is 1.84 bits per heavy atom. The van der Waals surface area contributed by atoms with Crippen LogP contribution in [0.5, 0.6) is 5.75 Å². The number of primary amides is 1. The van der Waals surface area contributed by atoms with Gasteiger partial charge in [0.15, 0.2) is 0 Å². The van der Waals surface area contributed by atoms with Gasteiger partial charge in [-0.05, 0) is 109 Å². The van der Waals surface area contributed by atoms with Crippen LogP contribution < -0.4 is 15.8 Å². The first kappa shape index (κ1) is 29.1. The summed E-state index contributed by atoms with van der Waals surface area (Å²) in [5.74, 6) is -0.105. The maximum atomic E-state index is 13.8. The third kappa shape index (κ3) is 5.80. The lowest BCUT2D eigenvalue weighted by Crippen LogP contribution is -2.35. The second-order valence-electron chi connectivity index (χ2n) is 11.9. The Hall–Kier alpha value is -4.98. The summed E-state index contributed by atoms with van der Waals surface area (Å²) in [6.07, 6.45) is 3.88. The molecule has 224 valence electrons. The predicted molar refractivity (Wildman–Crippen MR) is 167 cm³/mol. The molecule has 1 aliphatic rings. The Balaban J connectivity index is 1.35. The van der Waals surface area contributed by atoms with Crippen molar-refractivity contribution in [2.75, 3.05) is 6.61 Å². The third-order valence-electron chi connectivity index (χ3n) is 8.01. The molecule has 0 radical (unpaired) electrons. The van der Waals surface area contributed by atoms with Crippen LogP contribution in [0.3, 0.4) is 0 Å². The number of ether oxygens (including phenoxy) is 1. The van der Waals surface area contributed by atoms with Gasteiger partial charge in [0.05, 0.1) is 29.0 Å². The number of hydrogen-bond donors (Lipinski definition) is 2. The lowest BCUT2D eigenvalue weighted by molar-refractivity contribution is 0.0923. The van der Waals surface area contributed by atoms with Gasteiger partial charge in [-0.3, -0.25) is 14.6 Å². The summed E-state index contributed by atoms with van der Waals surface area (Å²) in [5.41, 5.74) is 10.8. The second-order valence-corrected chi connectivity index (χ2v) is 11.9. The minimum atomic E-state index is -0.635. The van der Waals surface area contributed by atoms with Crippen molar-refractivity contribution in [2.24, 2.45) is 11.7 Å². The molecule has 8 heteroatoms. The van der Waals surface area contributed by atoms with Crippen molar-refractivity contribution in [1.82, 2.24) is 10.3 Å². The zero-order chi connectivity index (χ0) is 31.0. The highest BCUT2D eigenvalue weighted by atomic mass is 19.1. The molecule has 3 N–H and O–H groups in total. The van der Waals surface area contributed by atoms with Gasteiger partial charge in [-0.15, -0.1) is 0 Å². The van der Waals surface area contributed by atoms with E-state index in [1.165, 1.54) is 12.1 Å². The van der Waals surface area contributed by atoms with Crippen molar-refractivity contribution in [1.29, 1.82) is 0 Å². The summed E-state index contributed by atoms with van der Waals surface area (Å²) in [6, 6.07) is 20.9. The van der Waals surface area contributed by atoms with Crippen LogP contribution in [0.25, 0.3) is 22.3 Å². The van der Waals surface area contributed by atoms with E-state index in [0.717, 1.165) is 35.2 Å². The second kappa shape index (κ2) is 11.6. The zero-order valence-electron chi connectivity index (χ0n) is 24.9. The van der Waals surface area contributed by atoms with Crippen molar-refractivity contribution in [3.8, 4) is 17.1 Å². The number of hydrogen-bond acceptors (Lipinski definition) is 5. The molecule has 6 rings (SSSR count). The number of aromatic nitrogens is 1. The van der Waals surface area contributed by atoms with Crippen LogP contribution in [0.15, 0.2) is 83.4 Å². The normalized spacial score (nSPS) is 13.7. The number of amides is 2. The Morgan fingerprint density at radius 1 is 1.07 bits per heavy atom. The highest BCUT2D eigenvalue weighted by Crippen LogP contribution is 2.45. The van der Waals surface area contributed by atoms with Crippen LogP contribution in [0.1, 0.15) is 69.8 Å². The van der Waals surface area contributed by atoms with Crippen LogP contribution in [0, 0.1) is 18.7 Å². The summed E-state index contributed by atoms with van der Waals surface area (Å²) >= 11 is 0. The molecule has 0 bridgehead atoms. The number of nitrogens with one attached hydrogen (secondary N) is 1. The van der Waals surface area contributed by atoms with Crippen molar-refractivity contribution >= 4 is 22.8 Å². The predicted octanol–water partition coefficient (Wildman–Crippen LogP) is 7.09. The van der Waals surface area contributed by atoms with Gasteiger partial charge in [-0.25, -0.2) is 4.39 Å². The van der Waals surface area contributed by atoms with Crippen molar-refractivity contribution in [2.45, 2.75) is 45.6 Å². The molecular formula is C36H34FN3O4. The highest BCUT2D eigenvalue weighted by Gasteiger charge is 2.47. The van der Waals surface area contributed by atoms with Gasteiger partial charge in [0.25, 0.3) is 11.8 Å². The number of pyridine rings is 1. The third-order valence-corrected chi connectivity index (χ3v) is 8.01. The molecule has 3 aromatic carbocycles. The van der Waals surface area contributed by atoms with Gasteiger partial charge in [-0.2, -0.15) is 0 Å². The maximum absolute atomic E-state index is 13.8. The van der Waals surface area contributed by atoms with E-state index in [1.807, 2.05) is 49.4 Å². The highest BCUT2D eigenvalue weighted by molar-refractivity contribution is 6.10. The SMILES string of the molecule is Cc1cc(OCC(C)C)c(C(=O)NC2(c3ccccn3)CC2)cc1Cc1ccc2oc(-c3ccc(F)cc3)c(C(N)=O)c2c1. The number of halogens is 1. The van der Waals surface area contributed by atoms with Crippen molar-refractivity contribution in [3.63, 3.8) is 0 Å². The standard InChI is InChI=1S/C36H34FN3O4/c1-21(2)20-43-30-16-22(3)25(19-28(30)35(42)40-36(13-14-36)31-6-4-5-15-39-31)17-23-7-12-29-27(18-23)32(34(38)41)33(44-29)24-8-10-26(37)11-9-24/h4-12,15-16,18-19,21H,13-14,17,20H2,1-3H3,(H2,38,41)(H,40,42). The van der Waals surface area contributed by atoms with E-state index in [-0.39, 0.29) is 23.2 Å². The average molecular weight is 592 g/mol. The van der Waals surface area contributed by atoms with E-state index in [2.05, 4.69) is 24.1 Å². The molecule has 0 unspecified atom stereocenters. The lowest BCUT2D eigenvalue weighted by atomic mass is 9.95. The van der Waals surface area contributed by atoms with E-state index in [4.69, 9.17) is 14.9 Å². The number of carbonyl (C=O) groups is 2. The molecule has 2 amide bonds. The van der Waals surface area contributed by atoms with E-state index in [9.17, 15) is 14.0 Å². The summed E-state index contributed by atoms with van der Waals surface area (Å²) in [6.45, 7) is 6.60. The minimum absolute atomic E-state index is 0.210. The van der Waals surface area contributed by atoms with Crippen LogP contribution in [0.4, 0.5) is 4.39 Å². The average Bonchev–Trinajstić information content (AvgIpc) is 3.68. The Labute approximate surface area is 255 Å². The van der Waals surface area contributed by atoms with E-state index in [1.54, 1.807) is 24.4 Å². The topological polar surface area (TPSA) is 107 Å². The first-order valence-corrected chi connectivity index (χ1v) is 14.7. The Kier molecular flexibility index (Phi) is 7.67. The van der Waals surface area contributed by atoms with E-state index >= 15 is 0 Å². The number of nitrogens with zero attached hydrogens (tertiary/aromatic N) is 1. The molecule has 44 heavy (non-hydrogen) atoms. The Bertz CT molecular complexity index is 1860. The molecule has 0 saturated heterocycles. The van der Waals surface area contributed by atoms with Gasteiger partial charge < -0.3 is 20.2 Å². The van der Waals surface area contributed by atoms with E-state index in [0.29, 0.717) is 46.6 Å². The Morgan fingerprint density at radius 3 is 2.50 bits per heavy atom. The largest absolute Gasteiger partial charge is 0.492 e. The molecule has 1 fully saturated rings. The quantitative estimate of drug-likeness (QED) is 0.180. The first-order chi connectivity index (χ1) is 21.1. The monoisotopic (exact) mass is 591 g/mol. The van der Waals surface area contributed by atoms with Gasteiger partial charge >= 0.3 is 0 Å². The molecule has 0 spiro atoms. The molecule has 1 aliphatic carbocycles. The lowest BCUT2D eigenvalue weighted by Gasteiger charge is -2.20. The molecule has 1 saturated carbocycles. The maximum Gasteiger partial charge on any atom is 0.255 e. The fourth-order valence-electron chi connectivity index (χ4n) is 5.49. The number of carbonyl (C=O) groups excluding carboxylic acids is 2. The smallest absolute Gasteiger partial charge is 0.255 e. The van der Waals surface area contributed by atoms with Crippen LogP contribution in [-0.2, 0) is 12.0 Å². The van der Waals surface area contributed by atoms with Crippen LogP contribution in [-0.4, -0.2) is 23.4 Å². The van der Waals surface area contributed by atoms with Crippen molar-refractivity contribution in [3.05, 3.63) is 118 Å². The van der Waals surface area contributed by atoms with Crippen LogP contribution in [0.2, 0.25) is 0 Å². The van der Waals surface area contributed by atoms with Gasteiger partial charge in [0.2, 0.25) is 0 Å². The number of benzene rings is 3. The summed E-state index contributed by atoms with van der Waals surface area (Å²) in [4.78, 5) is 30.9. The molecule has 5 aromatic rings. The minimum Gasteiger partial charge on any atom is -0.492 e. The number of furan rings is 1. The molecule has 7 nitrogen and oxygen atoms in total. The van der Waals surface area contributed by atoms with E-state index < -0.39 is 11.4 Å².